The molecule has 28 heavy (non-hydrogen) atoms. The van der Waals surface area contributed by atoms with Gasteiger partial charge in [-0.2, -0.15) is 5.10 Å². The van der Waals surface area contributed by atoms with Crippen LogP contribution in [0.25, 0.3) is 5.69 Å². The second-order valence-electron chi connectivity index (χ2n) is 6.30. The van der Waals surface area contributed by atoms with Gasteiger partial charge in [0.1, 0.15) is 0 Å². The summed E-state index contributed by atoms with van der Waals surface area (Å²) >= 11 is 0. The predicted octanol–water partition coefficient (Wildman–Crippen LogP) is 3.49. The molecule has 2 aromatic heterocycles. The number of nitrogens with one attached hydrogen (secondary N) is 2. The van der Waals surface area contributed by atoms with Gasteiger partial charge in [-0.05, 0) is 49.6 Å². The lowest BCUT2D eigenvalue weighted by molar-refractivity contribution is 0.736. The lowest BCUT2D eigenvalue weighted by Crippen LogP contribution is -2.37. The van der Waals surface area contributed by atoms with Gasteiger partial charge in [0.2, 0.25) is 0 Å². The van der Waals surface area contributed by atoms with E-state index in [-0.39, 0.29) is 24.0 Å². The minimum Gasteiger partial charge on any atom is -0.356 e. The summed E-state index contributed by atoms with van der Waals surface area (Å²) in [4.78, 5) is 8.56. The Morgan fingerprint density at radius 2 is 1.86 bits per heavy atom. The Hall–Kier alpha value is -2.42. The summed E-state index contributed by atoms with van der Waals surface area (Å²) in [5, 5.41) is 11.3. The zero-order valence-electron chi connectivity index (χ0n) is 16.3. The Labute approximate surface area is 183 Å². The van der Waals surface area contributed by atoms with Crippen molar-refractivity contribution in [2.75, 3.05) is 13.6 Å². The lowest BCUT2D eigenvalue weighted by atomic mass is 10.1. The average Bonchev–Trinajstić information content (AvgIpc) is 3.09. The molecule has 6 nitrogen and oxygen atoms in total. The van der Waals surface area contributed by atoms with Crippen LogP contribution in [0.2, 0.25) is 0 Å². The third kappa shape index (κ3) is 6.33. The summed E-state index contributed by atoms with van der Waals surface area (Å²) in [6.45, 7) is 3.57. The number of aryl methyl sites for hydroxylation is 2. The fourth-order valence-electron chi connectivity index (χ4n) is 2.84. The molecule has 2 N–H and O–H groups in total. The first-order chi connectivity index (χ1) is 13.3. The summed E-state index contributed by atoms with van der Waals surface area (Å²) in [7, 11) is 1.78. The van der Waals surface area contributed by atoms with E-state index in [0.717, 1.165) is 42.4 Å². The van der Waals surface area contributed by atoms with Crippen molar-refractivity contribution in [3.05, 3.63) is 77.9 Å². The molecule has 0 fully saturated rings. The molecular formula is C21H27IN6. The SMILES string of the molecule is CN=C(NCCCc1cn(-c2ccccc2)nc1C)NCc1ccccn1.I. The number of aliphatic imine (C=N–C) groups is 1. The molecule has 0 aliphatic rings. The van der Waals surface area contributed by atoms with Crippen LogP contribution in [-0.4, -0.2) is 34.3 Å². The number of hydrogen-bond donors (Lipinski definition) is 2. The van der Waals surface area contributed by atoms with Crippen molar-refractivity contribution in [1.82, 2.24) is 25.4 Å². The van der Waals surface area contributed by atoms with Crippen LogP contribution in [0.3, 0.4) is 0 Å². The number of rotatable bonds is 7. The van der Waals surface area contributed by atoms with Crippen LogP contribution in [0.15, 0.2) is 65.9 Å². The Kier molecular flexibility index (Phi) is 8.93. The molecule has 0 aliphatic heterocycles. The van der Waals surface area contributed by atoms with Crippen LogP contribution in [0.5, 0.6) is 0 Å². The predicted molar refractivity (Wildman–Crippen MR) is 124 cm³/mol. The first kappa shape index (κ1) is 21.9. The number of benzene rings is 1. The van der Waals surface area contributed by atoms with E-state index in [4.69, 9.17) is 0 Å². The molecule has 3 rings (SSSR count). The van der Waals surface area contributed by atoms with E-state index in [2.05, 4.69) is 51.0 Å². The second kappa shape index (κ2) is 11.4. The molecule has 0 radical (unpaired) electrons. The minimum atomic E-state index is 0. The first-order valence-electron chi connectivity index (χ1n) is 9.21. The topological polar surface area (TPSA) is 67.1 Å². The van der Waals surface area contributed by atoms with E-state index in [1.165, 1.54) is 5.56 Å². The van der Waals surface area contributed by atoms with Gasteiger partial charge in [-0.15, -0.1) is 24.0 Å². The van der Waals surface area contributed by atoms with Crippen molar-refractivity contribution < 1.29 is 0 Å². The quantitative estimate of drug-likeness (QED) is 0.230. The fraction of sp³-hybridized carbons (Fsp3) is 0.286. The molecule has 3 aromatic rings. The molecule has 0 saturated carbocycles. The van der Waals surface area contributed by atoms with Crippen LogP contribution in [0.1, 0.15) is 23.4 Å². The average molecular weight is 490 g/mol. The van der Waals surface area contributed by atoms with E-state index in [9.17, 15) is 0 Å². The third-order valence-corrected chi connectivity index (χ3v) is 4.32. The van der Waals surface area contributed by atoms with E-state index in [0.29, 0.717) is 6.54 Å². The summed E-state index contributed by atoms with van der Waals surface area (Å²) in [5.41, 5.74) is 4.43. The number of guanidine groups is 1. The molecule has 0 unspecified atom stereocenters. The smallest absolute Gasteiger partial charge is 0.191 e. The van der Waals surface area contributed by atoms with Gasteiger partial charge in [0, 0.05) is 26.0 Å². The van der Waals surface area contributed by atoms with Gasteiger partial charge in [-0.3, -0.25) is 9.98 Å². The summed E-state index contributed by atoms with van der Waals surface area (Å²) in [6, 6.07) is 16.1. The molecule has 0 saturated heterocycles. The standard InChI is InChI=1S/C21H26N6.HI/c1-17-18(16-27(26-17)20-11-4-3-5-12-20)9-8-14-24-21(22-2)25-15-19-10-6-7-13-23-19;/h3-7,10-13,16H,8-9,14-15H2,1-2H3,(H2,22,24,25);1H. The summed E-state index contributed by atoms with van der Waals surface area (Å²) in [5.74, 6) is 0.789. The van der Waals surface area contributed by atoms with Crippen LogP contribution < -0.4 is 10.6 Å². The minimum absolute atomic E-state index is 0. The zero-order valence-corrected chi connectivity index (χ0v) is 18.6. The fourth-order valence-corrected chi connectivity index (χ4v) is 2.84. The normalized spacial score (nSPS) is 11.0. The first-order valence-corrected chi connectivity index (χ1v) is 9.21. The molecule has 0 spiro atoms. The van der Waals surface area contributed by atoms with Gasteiger partial charge < -0.3 is 10.6 Å². The van der Waals surface area contributed by atoms with Crippen LogP contribution in [0, 0.1) is 6.92 Å². The molecule has 7 heteroatoms. The maximum Gasteiger partial charge on any atom is 0.191 e. The number of aromatic nitrogens is 3. The summed E-state index contributed by atoms with van der Waals surface area (Å²) < 4.78 is 1.95. The van der Waals surface area contributed by atoms with E-state index >= 15 is 0 Å². The molecule has 0 atom stereocenters. The number of pyridine rings is 1. The maximum absolute atomic E-state index is 4.63. The van der Waals surface area contributed by atoms with Crippen molar-refractivity contribution in [3.8, 4) is 5.69 Å². The number of hydrogen-bond acceptors (Lipinski definition) is 3. The highest BCUT2D eigenvalue weighted by molar-refractivity contribution is 14.0. The van der Waals surface area contributed by atoms with Crippen molar-refractivity contribution in [3.63, 3.8) is 0 Å². The zero-order chi connectivity index (χ0) is 18.9. The highest BCUT2D eigenvalue weighted by atomic mass is 127. The van der Waals surface area contributed by atoms with Crippen LogP contribution >= 0.6 is 24.0 Å². The number of nitrogens with zero attached hydrogens (tertiary/aromatic N) is 4. The highest BCUT2D eigenvalue weighted by Gasteiger charge is 2.06. The van der Waals surface area contributed by atoms with Crippen molar-refractivity contribution in [1.29, 1.82) is 0 Å². The van der Waals surface area contributed by atoms with E-state index in [1.54, 1.807) is 13.2 Å². The molecular weight excluding hydrogens is 463 g/mol. The van der Waals surface area contributed by atoms with E-state index in [1.807, 2.05) is 41.1 Å². The van der Waals surface area contributed by atoms with Crippen molar-refractivity contribution in [2.45, 2.75) is 26.3 Å². The van der Waals surface area contributed by atoms with Gasteiger partial charge in [0.25, 0.3) is 0 Å². The van der Waals surface area contributed by atoms with Crippen molar-refractivity contribution >= 4 is 29.9 Å². The van der Waals surface area contributed by atoms with Gasteiger partial charge >= 0.3 is 0 Å². The molecule has 1 aromatic carbocycles. The Bertz CT molecular complexity index is 861. The number of halogens is 1. The van der Waals surface area contributed by atoms with Crippen LogP contribution in [-0.2, 0) is 13.0 Å². The van der Waals surface area contributed by atoms with Gasteiger partial charge in [-0.1, -0.05) is 24.3 Å². The van der Waals surface area contributed by atoms with Gasteiger partial charge in [-0.25, -0.2) is 4.68 Å². The lowest BCUT2D eigenvalue weighted by Gasteiger charge is -2.11. The summed E-state index contributed by atoms with van der Waals surface area (Å²) in [6.07, 6.45) is 5.90. The third-order valence-electron chi connectivity index (χ3n) is 4.32. The molecule has 0 amide bonds. The Morgan fingerprint density at radius 1 is 1.07 bits per heavy atom. The molecule has 2 heterocycles. The second-order valence-corrected chi connectivity index (χ2v) is 6.30. The van der Waals surface area contributed by atoms with Crippen molar-refractivity contribution in [2.24, 2.45) is 4.99 Å². The van der Waals surface area contributed by atoms with Gasteiger partial charge in [0.15, 0.2) is 5.96 Å². The highest BCUT2D eigenvalue weighted by Crippen LogP contribution is 2.13. The van der Waals surface area contributed by atoms with Gasteiger partial charge in [0.05, 0.1) is 23.6 Å². The molecule has 148 valence electrons. The largest absolute Gasteiger partial charge is 0.356 e. The molecule has 0 bridgehead atoms. The van der Waals surface area contributed by atoms with E-state index < -0.39 is 0 Å². The number of para-hydroxylation sites is 1. The maximum atomic E-state index is 4.63. The monoisotopic (exact) mass is 490 g/mol. The molecule has 0 aliphatic carbocycles. The van der Waals surface area contributed by atoms with Crippen LogP contribution in [0.4, 0.5) is 0 Å². The Balaban J connectivity index is 0.00000280. The Morgan fingerprint density at radius 3 is 2.57 bits per heavy atom.